The lowest BCUT2D eigenvalue weighted by molar-refractivity contribution is 0.123. The minimum absolute atomic E-state index is 0.0642. The molecule has 1 saturated heterocycles. The number of aliphatic hydroxyl groups is 1. The smallest absolute Gasteiger partial charge is 0.0583 e. The molecule has 1 saturated carbocycles. The van der Waals surface area contributed by atoms with Crippen LogP contribution in [0.5, 0.6) is 0 Å². The van der Waals surface area contributed by atoms with E-state index in [-0.39, 0.29) is 6.10 Å². The molecular formula is C13H17BrN2O. The summed E-state index contributed by atoms with van der Waals surface area (Å²) in [4.78, 5) is 6.64. The fourth-order valence-electron chi connectivity index (χ4n) is 3.26. The summed E-state index contributed by atoms with van der Waals surface area (Å²) in [6.45, 7) is 3.12. The number of rotatable bonds is 2. The zero-order chi connectivity index (χ0) is 11.8. The normalized spacial score (nSPS) is 32.9. The predicted molar refractivity (Wildman–Crippen MR) is 69.4 cm³/mol. The quantitative estimate of drug-likeness (QED) is 0.907. The van der Waals surface area contributed by atoms with Crippen molar-refractivity contribution in [2.24, 2.45) is 11.8 Å². The molecule has 3 nitrogen and oxygen atoms in total. The Labute approximate surface area is 110 Å². The van der Waals surface area contributed by atoms with Crippen molar-refractivity contribution in [2.45, 2.75) is 25.5 Å². The van der Waals surface area contributed by atoms with Crippen molar-refractivity contribution in [3.8, 4) is 0 Å². The Kier molecular flexibility index (Phi) is 3.19. The van der Waals surface area contributed by atoms with Crippen LogP contribution in [0.2, 0.25) is 0 Å². The van der Waals surface area contributed by atoms with Gasteiger partial charge in [-0.25, -0.2) is 0 Å². The molecule has 3 atom stereocenters. The molecule has 0 aromatic carbocycles. The first-order chi connectivity index (χ1) is 8.22. The summed E-state index contributed by atoms with van der Waals surface area (Å²) in [7, 11) is 0. The number of fused-ring (bicyclic) bond motifs is 1. The number of aromatic nitrogens is 1. The maximum absolute atomic E-state index is 9.88. The molecule has 1 aliphatic carbocycles. The molecule has 1 aliphatic heterocycles. The van der Waals surface area contributed by atoms with Crippen LogP contribution in [-0.2, 0) is 6.54 Å². The van der Waals surface area contributed by atoms with Crippen LogP contribution in [0, 0.1) is 11.8 Å². The van der Waals surface area contributed by atoms with E-state index in [9.17, 15) is 5.11 Å². The topological polar surface area (TPSA) is 36.4 Å². The SMILES string of the molecule is OC1CCC2CN(Cc3cncc(Br)c3)CC12. The predicted octanol–water partition coefficient (Wildman–Crippen LogP) is 2.05. The Balaban J connectivity index is 1.64. The number of nitrogens with zero attached hydrogens (tertiary/aromatic N) is 2. The lowest BCUT2D eigenvalue weighted by Crippen LogP contribution is -2.24. The van der Waals surface area contributed by atoms with Gasteiger partial charge in [-0.1, -0.05) is 0 Å². The van der Waals surface area contributed by atoms with E-state index in [0.29, 0.717) is 11.8 Å². The van der Waals surface area contributed by atoms with Crippen molar-refractivity contribution in [1.82, 2.24) is 9.88 Å². The molecule has 2 fully saturated rings. The van der Waals surface area contributed by atoms with Crippen LogP contribution in [0.15, 0.2) is 22.9 Å². The molecule has 92 valence electrons. The van der Waals surface area contributed by atoms with Crippen LogP contribution < -0.4 is 0 Å². The zero-order valence-corrected chi connectivity index (χ0v) is 11.3. The number of aliphatic hydroxyl groups excluding tert-OH is 1. The van der Waals surface area contributed by atoms with Gasteiger partial charge in [0.1, 0.15) is 0 Å². The number of hydrogen-bond donors (Lipinski definition) is 1. The third kappa shape index (κ3) is 2.39. The van der Waals surface area contributed by atoms with Gasteiger partial charge in [0, 0.05) is 42.4 Å². The minimum atomic E-state index is -0.0642. The molecule has 0 bridgehead atoms. The molecule has 17 heavy (non-hydrogen) atoms. The molecule has 3 rings (SSSR count). The van der Waals surface area contributed by atoms with Gasteiger partial charge in [-0.3, -0.25) is 9.88 Å². The molecule has 0 spiro atoms. The zero-order valence-electron chi connectivity index (χ0n) is 9.72. The Morgan fingerprint density at radius 3 is 3.00 bits per heavy atom. The lowest BCUT2D eigenvalue weighted by atomic mass is 10.00. The second kappa shape index (κ2) is 4.67. The molecule has 4 heteroatoms. The fourth-order valence-corrected chi connectivity index (χ4v) is 3.67. The summed E-state index contributed by atoms with van der Waals surface area (Å²) in [5.74, 6) is 1.22. The van der Waals surface area contributed by atoms with Gasteiger partial charge < -0.3 is 5.11 Å². The fraction of sp³-hybridized carbons (Fsp3) is 0.615. The number of likely N-dealkylation sites (tertiary alicyclic amines) is 1. The van der Waals surface area contributed by atoms with E-state index in [1.54, 1.807) is 0 Å². The van der Waals surface area contributed by atoms with Crippen LogP contribution in [-0.4, -0.2) is 34.2 Å². The van der Waals surface area contributed by atoms with E-state index in [0.717, 1.165) is 30.5 Å². The minimum Gasteiger partial charge on any atom is -0.393 e. The summed E-state index contributed by atoms with van der Waals surface area (Å²) in [5.41, 5.74) is 1.24. The highest BCUT2D eigenvalue weighted by Crippen LogP contribution is 2.38. The largest absolute Gasteiger partial charge is 0.393 e. The first-order valence-electron chi connectivity index (χ1n) is 6.22. The van der Waals surface area contributed by atoms with E-state index in [4.69, 9.17) is 0 Å². The van der Waals surface area contributed by atoms with E-state index < -0.39 is 0 Å². The van der Waals surface area contributed by atoms with Crippen molar-refractivity contribution >= 4 is 15.9 Å². The molecule has 1 N–H and O–H groups in total. The molecule has 1 aromatic rings. The monoisotopic (exact) mass is 296 g/mol. The molecule has 0 amide bonds. The van der Waals surface area contributed by atoms with Gasteiger partial charge in [-0.2, -0.15) is 0 Å². The number of hydrogen-bond acceptors (Lipinski definition) is 3. The van der Waals surface area contributed by atoms with E-state index in [1.807, 2.05) is 12.4 Å². The van der Waals surface area contributed by atoms with Gasteiger partial charge in [-0.05, 0) is 46.3 Å². The average Bonchev–Trinajstić information content (AvgIpc) is 2.82. The average molecular weight is 297 g/mol. The first kappa shape index (κ1) is 11.6. The highest BCUT2D eigenvalue weighted by atomic mass is 79.9. The van der Waals surface area contributed by atoms with E-state index in [1.165, 1.54) is 12.0 Å². The Bertz CT molecular complexity index is 412. The summed E-state index contributed by atoms with van der Waals surface area (Å²) >= 11 is 3.45. The highest BCUT2D eigenvalue weighted by Gasteiger charge is 2.41. The van der Waals surface area contributed by atoms with Crippen molar-refractivity contribution < 1.29 is 5.11 Å². The second-order valence-corrected chi connectivity index (χ2v) is 6.19. The second-order valence-electron chi connectivity index (χ2n) is 5.27. The van der Waals surface area contributed by atoms with Crippen LogP contribution in [0.1, 0.15) is 18.4 Å². The van der Waals surface area contributed by atoms with E-state index in [2.05, 4.69) is 31.9 Å². The highest BCUT2D eigenvalue weighted by molar-refractivity contribution is 9.10. The van der Waals surface area contributed by atoms with Crippen LogP contribution >= 0.6 is 15.9 Å². The van der Waals surface area contributed by atoms with E-state index >= 15 is 0 Å². The maximum Gasteiger partial charge on any atom is 0.0583 e. The summed E-state index contributed by atoms with van der Waals surface area (Å²) in [6, 6.07) is 2.12. The van der Waals surface area contributed by atoms with Crippen molar-refractivity contribution in [3.05, 3.63) is 28.5 Å². The van der Waals surface area contributed by atoms with Gasteiger partial charge in [0.2, 0.25) is 0 Å². The van der Waals surface area contributed by atoms with Crippen molar-refractivity contribution in [1.29, 1.82) is 0 Å². The molecule has 2 aliphatic rings. The maximum atomic E-state index is 9.88. The summed E-state index contributed by atoms with van der Waals surface area (Å²) in [6.07, 6.45) is 5.87. The number of pyridine rings is 1. The standard InChI is InChI=1S/C13H17BrN2O/c14-11-3-9(4-15-5-11)6-16-7-10-1-2-13(17)12(10)8-16/h3-5,10,12-13,17H,1-2,6-8H2. The van der Waals surface area contributed by atoms with Crippen LogP contribution in [0.25, 0.3) is 0 Å². The van der Waals surface area contributed by atoms with Crippen molar-refractivity contribution in [2.75, 3.05) is 13.1 Å². The Hall–Kier alpha value is -0.450. The Morgan fingerprint density at radius 1 is 1.35 bits per heavy atom. The van der Waals surface area contributed by atoms with Gasteiger partial charge in [0.15, 0.2) is 0 Å². The summed E-state index contributed by atoms with van der Waals surface area (Å²) in [5, 5.41) is 9.88. The number of halogens is 1. The molecule has 2 heterocycles. The third-order valence-corrected chi connectivity index (χ3v) is 4.50. The third-order valence-electron chi connectivity index (χ3n) is 4.06. The molecular weight excluding hydrogens is 280 g/mol. The van der Waals surface area contributed by atoms with Gasteiger partial charge in [0.25, 0.3) is 0 Å². The Morgan fingerprint density at radius 2 is 2.24 bits per heavy atom. The molecule has 1 aromatic heterocycles. The van der Waals surface area contributed by atoms with Gasteiger partial charge in [-0.15, -0.1) is 0 Å². The van der Waals surface area contributed by atoms with Gasteiger partial charge in [0.05, 0.1) is 6.10 Å². The lowest BCUT2D eigenvalue weighted by Gasteiger charge is -2.17. The molecule has 0 radical (unpaired) electrons. The molecule has 3 unspecified atom stereocenters. The van der Waals surface area contributed by atoms with Crippen LogP contribution in [0.4, 0.5) is 0 Å². The summed E-state index contributed by atoms with van der Waals surface area (Å²) < 4.78 is 1.04. The van der Waals surface area contributed by atoms with Crippen molar-refractivity contribution in [3.63, 3.8) is 0 Å². The van der Waals surface area contributed by atoms with Gasteiger partial charge >= 0.3 is 0 Å². The van der Waals surface area contributed by atoms with Crippen LogP contribution in [0.3, 0.4) is 0 Å². The first-order valence-corrected chi connectivity index (χ1v) is 7.01.